The molecule has 2 N–H and O–H groups in total. The highest BCUT2D eigenvalue weighted by atomic mass is 32.2. The first-order valence-electron chi connectivity index (χ1n) is 12.4. The van der Waals surface area contributed by atoms with Crippen molar-refractivity contribution in [3.05, 3.63) is 66.9 Å². The summed E-state index contributed by atoms with van der Waals surface area (Å²) >= 11 is 0. The summed E-state index contributed by atoms with van der Waals surface area (Å²) in [4.78, 5) is 19.6. The number of rotatable bonds is 10. The summed E-state index contributed by atoms with van der Waals surface area (Å²) in [5, 5.41) is 5.09. The van der Waals surface area contributed by atoms with Crippen LogP contribution in [0.5, 0.6) is 0 Å². The molecule has 0 spiro atoms. The van der Waals surface area contributed by atoms with Crippen LogP contribution in [0.1, 0.15) is 39.0 Å². The number of aromatic nitrogens is 1. The van der Waals surface area contributed by atoms with Gasteiger partial charge in [-0.05, 0) is 73.1 Å². The van der Waals surface area contributed by atoms with Crippen molar-refractivity contribution in [3.8, 4) is 0 Å². The molecule has 1 saturated heterocycles. The van der Waals surface area contributed by atoms with Gasteiger partial charge in [0.1, 0.15) is 11.9 Å². The Balaban J connectivity index is 1.43. The molecule has 1 unspecified atom stereocenters. The van der Waals surface area contributed by atoms with Crippen LogP contribution in [0.15, 0.2) is 71.8 Å². The van der Waals surface area contributed by atoms with E-state index in [0.717, 1.165) is 35.9 Å². The number of nitrogens with zero attached hydrogens (tertiary/aromatic N) is 2. The molecule has 8 heteroatoms. The Labute approximate surface area is 208 Å². The number of sulfonamides is 1. The van der Waals surface area contributed by atoms with E-state index in [-0.39, 0.29) is 10.8 Å². The lowest BCUT2D eigenvalue weighted by molar-refractivity contribution is -0.134. The number of hydrogen-bond donors (Lipinski definition) is 2. The highest BCUT2D eigenvalue weighted by Gasteiger charge is 2.30. The van der Waals surface area contributed by atoms with Crippen LogP contribution in [-0.4, -0.2) is 49.9 Å². The first kappa shape index (κ1) is 25.1. The molecular formula is C27H34N4O3S. The van der Waals surface area contributed by atoms with Gasteiger partial charge in [-0.2, -0.15) is 4.72 Å². The predicted molar refractivity (Wildman–Crippen MR) is 140 cm³/mol. The molecule has 2 heterocycles. The number of carbonyl (C=O) groups excluding carboxylic acids is 1. The van der Waals surface area contributed by atoms with Crippen molar-refractivity contribution in [1.82, 2.24) is 14.6 Å². The lowest BCUT2D eigenvalue weighted by Gasteiger charge is -2.33. The molecule has 1 aromatic heterocycles. The van der Waals surface area contributed by atoms with Crippen LogP contribution < -0.4 is 10.0 Å². The van der Waals surface area contributed by atoms with E-state index < -0.39 is 16.1 Å². The van der Waals surface area contributed by atoms with E-state index in [2.05, 4.69) is 21.9 Å². The topological polar surface area (TPSA) is 91.4 Å². The molecular weight excluding hydrogens is 460 g/mol. The quantitative estimate of drug-likeness (QED) is 0.407. The fourth-order valence-electron chi connectivity index (χ4n) is 4.43. The molecule has 0 bridgehead atoms. The molecule has 186 valence electrons. The molecule has 4 rings (SSSR count). The normalized spacial score (nSPS) is 15.7. The Morgan fingerprint density at radius 2 is 1.77 bits per heavy atom. The van der Waals surface area contributed by atoms with Gasteiger partial charge in [0, 0.05) is 25.8 Å². The SMILES string of the molecule is CC1CCN(C(=O)C(CCCCNc2ccccn2)NS(=O)(=O)c2ccc3ccccc3c2)CC1. The largest absolute Gasteiger partial charge is 0.370 e. The van der Waals surface area contributed by atoms with Crippen LogP contribution in [-0.2, 0) is 14.8 Å². The van der Waals surface area contributed by atoms with Gasteiger partial charge in [-0.15, -0.1) is 0 Å². The summed E-state index contributed by atoms with van der Waals surface area (Å²) in [5.74, 6) is 1.27. The zero-order chi connectivity index (χ0) is 24.7. The first-order chi connectivity index (χ1) is 16.9. The minimum atomic E-state index is -3.85. The fraction of sp³-hybridized carbons (Fsp3) is 0.407. The van der Waals surface area contributed by atoms with Gasteiger partial charge in [0.25, 0.3) is 0 Å². The second-order valence-electron chi connectivity index (χ2n) is 9.33. The van der Waals surface area contributed by atoms with Gasteiger partial charge in [0.15, 0.2) is 0 Å². The van der Waals surface area contributed by atoms with E-state index in [0.29, 0.717) is 38.4 Å². The summed E-state index contributed by atoms with van der Waals surface area (Å²) < 4.78 is 29.3. The van der Waals surface area contributed by atoms with Gasteiger partial charge < -0.3 is 10.2 Å². The van der Waals surface area contributed by atoms with Gasteiger partial charge in [0.05, 0.1) is 4.90 Å². The third kappa shape index (κ3) is 6.80. The van der Waals surface area contributed by atoms with Gasteiger partial charge in [-0.3, -0.25) is 4.79 Å². The van der Waals surface area contributed by atoms with Crippen LogP contribution in [0.4, 0.5) is 5.82 Å². The van der Waals surface area contributed by atoms with E-state index in [4.69, 9.17) is 0 Å². The minimum Gasteiger partial charge on any atom is -0.370 e. The molecule has 7 nitrogen and oxygen atoms in total. The lowest BCUT2D eigenvalue weighted by atomic mass is 9.98. The van der Waals surface area contributed by atoms with Crippen LogP contribution in [0.25, 0.3) is 10.8 Å². The maximum atomic E-state index is 13.4. The number of carbonyl (C=O) groups is 1. The van der Waals surface area contributed by atoms with Crippen molar-refractivity contribution in [1.29, 1.82) is 0 Å². The Kier molecular flexibility index (Phi) is 8.36. The van der Waals surface area contributed by atoms with Gasteiger partial charge in [0.2, 0.25) is 15.9 Å². The number of hydrogen-bond acceptors (Lipinski definition) is 5. The van der Waals surface area contributed by atoms with E-state index in [1.807, 2.05) is 47.4 Å². The van der Waals surface area contributed by atoms with Crippen LogP contribution >= 0.6 is 0 Å². The number of fused-ring (bicyclic) bond motifs is 1. The molecule has 35 heavy (non-hydrogen) atoms. The van der Waals surface area contributed by atoms with E-state index in [1.54, 1.807) is 24.4 Å². The molecule has 1 atom stereocenters. The van der Waals surface area contributed by atoms with Gasteiger partial charge >= 0.3 is 0 Å². The third-order valence-electron chi connectivity index (χ3n) is 6.61. The number of benzene rings is 2. The minimum absolute atomic E-state index is 0.126. The molecule has 2 aromatic carbocycles. The number of nitrogens with one attached hydrogen (secondary N) is 2. The number of amides is 1. The summed E-state index contributed by atoms with van der Waals surface area (Å²) in [5.41, 5.74) is 0. The Bertz CT molecular complexity index is 1230. The van der Waals surface area contributed by atoms with Gasteiger partial charge in [-0.25, -0.2) is 13.4 Å². The Morgan fingerprint density at radius 1 is 1.03 bits per heavy atom. The smallest absolute Gasteiger partial charge is 0.241 e. The van der Waals surface area contributed by atoms with E-state index >= 15 is 0 Å². The van der Waals surface area contributed by atoms with Crippen molar-refractivity contribution >= 4 is 32.5 Å². The molecule has 3 aromatic rings. The number of pyridine rings is 1. The second-order valence-corrected chi connectivity index (χ2v) is 11.0. The van der Waals surface area contributed by atoms with Crippen LogP contribution in [0.3, 0.4) is 0 Å². The fourth-order valence-corrected chi connectivity index (χ4v) is 5.69. The number of anilines is 1. The van der Waals surface area contributed by atoms with Crippen molar-refractivity contribution < 1.29 is 13.2 Å². The number of unbranched alkanes of at least 4 members (excludes halogenated alkanes) is 1. The summed E-state index contributed by atoms with van der Waals surface area (Å²) in [6, 6.07) is 17.6. The lowest BCUT2D eigenvalue weighted by Crippen LogP contribution is -2.50. The maximum absolute atomic E-state index is 13.4. The second kappa shape index (κ2) is 11.6. The van der Waals surface area contributed by atoms with Gasteiger partial charge in [-0.1, -0.05) is 43.3 Å². The molecule has 0 saturated carbocycles. The average Bonchev–Trinajstić information content (AvgIpc) is 2.88. The highest BCUT2D eigenvalue weighted by molar-refractivity contribution is 7.89. The van der Waals surface area contributed by atoms with Crippen molar-refractivity contribution in [2.24, 2.45) is 5.92 Å². The standard InChI is InChI=1S/C27H34N4O3S/c1-21-14-18-31(19-15-21)27(32)25(10-4-6-16-28-26-11-5-7-17-29-26)30-35(33,34)24-13-12-22-8-2-3-9-23(22)20-24/h2-3,5,7-9,11-13,17,20-21,25,30H,4,6,10,14-16,18-19H2,1H3,(H,28,29). The number of piperidine rings is 1. The van der Waals surface area contributed by atoms with Crippen molar-refractivity contribution in [2.45, 2.75) is 50.0 Å². The number of likely N-dealkylation sites (tertiary alicyclic amines) is 1. The molecule has 0 aliphatic carbocycles. The monoisotopic (exact) mass is 494 g/mol. The van der Waals surface area contributed by atoms with Crippen LogP contribution in [0, 0.1) is 5.92 Å². The average molecular weight is 495 g/mol. The zero-order valence-electron chi connectivity index (χ0n) is 20.2. The predicted octanol–water partition coefficient (Wildman–Crippen LogP) is 4.42. The molecule has 1 aliphatic heterocycles. The van der Waals surface area contributed by atoms with Crippen molar-refractivity contribution in [3.63, 3.8) is 0 Å². The first-order valence-corrected chi connectivity index (χ1v) is 13.9. The van der Waals surface area contributed by atoms with Crippen LogP contribution in [0.2, 0.25) is 0 Å². The summed E-state index contributed by atoms with van der Waals surface area (Å²) in [7, 11) is -3.85. The Morgan fingerprint density at radius 3 is 2.51 bits per heavy atom. The summed E-state index contributed by atoms with van der Waals surface area (Å²) in [6.45, 7) is 4.25. The van der Waals surface area contributed by atoms with E-state index in [9.17, 15) is 13.2 Å². The molecule has 1 aliphatic rings. The summed E-state index contributed by atoms with van der Waals surface area (Å²) in [6.07, 6.45) is 5.59. The van der Waals surface area contributed by atoms with Crippen molar-refractivity contribution in [2.75, 3.05) is 25.0 Å². The zero-order valence-corrected chi connectivity index (χ0v) is 21.0. The van der Waals surface area contributed by atoms with E-state index in [1.165, 1.54) is 0 Å². The molecule has 1 amide bonds. The Hall–Kier alpha value is -2.97. The molecule has 1 fully saturated rings. The third-order valence-corrected chi connectivity index (χ3v) is 8.08. The molecule has 0 radical (unpaired) electrons. The maximum Gasteiger partial charge on any atom is 0.241 e. The highest BCUT2D eigenvalue weighted by Crippen LogP contribution is 2.21.